The molecule has 9 nitrogen and oxygen atoms in total. The first-order valence-electron chi connectivity index (χ1n) is 12.7. The van der Waals surface area contributed by atoms with Crippen LogP contribution in [0.25, 0.3) is 16.6 Å². The van der Waals surface area contributed by atoms with Crippen LogP contribution in [-0.4, -0.2) is 42.8 Å². The Kier molecular flexibility index (Phi) is 5.35. The lowest BCUT2D eigenvalue weighted by molar-refractivity contribution is 0.137. The van der Waals surface area contributed by atoms with Gasteiger partial charge in [-0.1, -0.05) is 0 Å². The summed E-state index contributed by atoms with van der Waals surface area (Å²) in [6, 6.07) is 16.9. The van der Waals surface area contributed by atoms with Crippen molar-refractivity contribution >= 4 is 28.1 Å². The van der Waals surface area contributed by atoms with Gasteiger partial charge in [-0.05, 0) is 80.6 Å². The highest BCUT2D eigenvalue weighted by Gasteiger charge is 2.34. The van der Waals surface area contributed by atoms with Gasteiger partial charge < -0.3 is 20.1 Å². The van der Waals surface area contributed by atoms with Crippen molar-refractivity contribution in [3.8, 4) is 17.2 Å². The van der Waals surface area contributed by atoms with E-state index in [0.29, 0.717) is 17.8 Å². The quantitative estimate of drug-likeness (QED) is 0.334. The summed E-state index contributed by atoms with van der Waals surface area (Å²) in [5.41, 5.74) is 3.52. The standard InChI is InChI=1S/C28H27N7O2/c1-17-10-18(4-7-26(17)37-22-8-9-35-27(14-22)30-16-32-35)34-28-24-13-21(5-6-25(24)29-15-31-28)36-23-11-19-2-3-20(12-23)33-19/h4-10,13-16,19-20,23,33H,2-3,11-12H2,1H3,(H,29,31,34)/t19-,20+,23?. The molecule has 0 radical (unpaired) electrons. The van der Waals surface area contributed by atoms with E-state index in [1.165, 1.54) is 19.2 Å². The van der Waals surface area contributed by atoms with Gasteiger partial charge in [0.05, 0.1) is 5.52 Å². The number of piperidine rings is 1. The number of nitrogens with zero attached hydrogens (tertiary/aromatic N) is 5. The molecule has 0 saturated carbocycles. The largest absolute Gasteiger partial charge is 0.490 e. The number of ether oxygens (including phenoxy) is 2. The minimum absolute atomic E-state index is 0.248. The number of anilines is 2. The number of nitrogens with one attached hydrogen (secondary N) is 2. The SMILES string of the molecule is Cc1cc(Nc2ncnc3ccc(OC4C[C@H]5CC[C@@H](C4)N5)cc23)ccc1Oc1ccn2ncnc2c1. The van der Waals surface area contributed by atoms with E-state index < -0.39 is 0 Å². The van der Waals surface area contributed by atoms with Crippen molar-refractivity contribution in [3.63, 3.8) is 0 Å². The number of pyridine rings is 1. The zero-order chi connectivity index (χ0) is 24.8. The minimum Gasteiger partial charge on any atom is -0.490 e. The van der Waals surface area contributed by atoms with Crippen LogP contribution >= 0.6 is 0 Å². The predicted molar refractivity (Wildman–Crippen MR) is 141 cm³/mol. The Morgan fingerprint density at radius 3 is 2.68 bits per heavy atom. The van der Waals surface area contributed by atoms with Gasteiger partial charge in [0.1, 0.15) is 41.8 Å². The number of fused-ring (bicyclic) bond motifs is 4. The number of hydrogen-bond donors (Lipinski definition) is 2. The summed E-state index contributed by atoms with van der Waals surface area (Å²) < 4.78 is 14.2. The van der Waals surface area contributed by atoms with Crippen LogP contribution in [0.1, 0.15) is 31.2 Å². The Labute approximate surface area is 213 Å². The molecule has 2 bridgehead atoms. The van der Waals surface area contributed by atoms with E-state index in [1.54, 1.807) is 10.8 Å². The van der Waals surface area contributed by atoms with Crippen LogP contribution in [0.15, 0.2) is 67.4 Å². The summed E-state index contributed by atoms with van der Waals surface area (Å²) in [5, 5.41) is 12.2. The van der Waals surface area contributed by atoms with Gasteiger partial charge in [-0.3, -0.25) is 0 Å². The van der Waals surface area contributed by atoms with Crippen LogP contribution < -0.4 is 20.1 Å². The van der Waals surface area contributed by atoms with Crippen LogP contribution in [0.2, 0.25) is 0 Å². The summed E-state index contributed by atoms with van der Waals surface area (Å²) in [6.07, 6.45) is 9.81. The molecule has 2 aliphatic rings. The zero-order valence-electron chi connectivity index (χ0n) is 20.5. The highest BCUT2D eigenvalue weighted by molar-refractivity contribution is 5.91. The third kappa shape index (κ3) is 4.42. The molecule has 2 fully saturated rings. The Bertz CT molecular complexity index is 1590. The first kappa shape index (κ1) is 22.0. The van der Waals surface area contributed by atoms with E-state index in [2.05, 4.69) is 30.7 Å². The number of hydrogen-bond acceptors (Lipinski definition) is 8. The number of rotatable bonds is 6. The molecule has 2 aromatic carbocycles. The molecule has 7 rings (SSSR count). The molecule has 2 saturated heterocycles. The Morgan fingerprint density at radius 2 is 1.81 bits per heavy atom. The van der Waals surface area contributed by atoms with Gasteiger partial charge in [0.25, 0.3) is 0 Å². The molecule has 0 aliphatic carbocycles. The van der Waals surface area contributed by atoms with Gasteiger partial charge in [-0.2, -0.15) is 5.10 Å². The summed E-state index contributed by atoms with van der Waals surface area (Å²) in [7, 11) is 0. The van der Waals surface area contributed by atoms with Crippen LogP contribution in [0.3, 0.4) is 0 Å². The fourth-order valence-electron chi connectivity index (χ4n) is 5.47. The normalized spacial score (nSPS) is 20.8. The molecule has 9 heteroatoms. The topological polar surface area (TPSA) is 98.5 Å². The zero-order valence-corrected chi connectivity index (χ0v) is 20.5. The third-order valence-electron chi connectivity index (χ3n) is 7.26. The van der Waals surface area contributed by atoms with Crippen LogP contribution in [-0.2, 0) is 0 Å². The molecular weight excluding hydrogens is 466 g/mol. The number of aromatic nitrogens is 5. The second kappa shape index (κ2) is 9.01. The lowest BCUT2D eigenvalue weighted by Gasteiger charge is -2.29. The molecule has 0 amide bonds. The lowest BCUT2D eigenvalue weighted by atomic mass is 10.0. The molecule has 0 spiro atoms. The molecule has 2 N–H and O–H groups in total. The fraction of sp³-hybridized carbons (Fsp3) is 0.286. The Hall–Kier alpha value is -4.24. The van der Waals surface area contributed by atoms with Gasteiger partial charge >= 0.3 is 0 Å². The first-order chi connectivity index (χ1) is 18.2. The van der Waals surface area contributed by atoms with Gasteiger partial charge in [0.2, 0.25) is 0 Å². The Morgan fingerprint density at radius 1 is 0.919 bits per heavy atom. The molecule has 5 heterocycles. The van der Waals surface area contributed by atoms with E-state index >= 15 is 0 Å². The van der Waals surface area contributed by atoms with Gasteiger partial charge in [-0.15, -0.1) is 0 Å². The average Bonchev–Trinajstić information content (AvgIpc) is 3.51. The van der Waals surface area contributed by atoms with E-state index in [4.69, 9.17) is 9.47 Å². The second-order valence-electron chi connectivity index (χ2n) is 9.88. The highest BCUT2D eigenvalue weighted by atomic mass is 16.5. The van der Waals surface area contributed by atoms with Gasteiger partial charge in [-0.25, -0.2) is 19.5 Å². The lowest BCUT2D eigenvalue weighted by Crippen LogP contribution is -2.42. The van der Waals surface area contributed by atoms with E-state index in [0.717, 1.165) is 58.0 Å². The molecular formula is C28H27N7O2. The number of aryl methyl sites for hydroxylation is 1. The number of benzene rings is 2. The first-order valence-corrected chi connectivity index (χ1v) is 12.7. The van der Waals surface area contributed by atoms with Gasteiger partial charge in [0, 0.05) is 35.4 Å². The van der Waals surface area contributed by atoms with E-state index in [9.17, 15) is 0 Å². The summed E-state index contributed by atoms with van der Waals surface area (Å²) in [5.74, 6) is 3.08. The maximum Gasteiger partial charge on any atom is 0.158 e. The van der Waals surface area contributed by atoms with Gasteiger partial charge in [0.15, 0.2) is 5.65 Å². The van der Waals surface area contributed by atoms with E-state index in [1.807, 2.05) is 61.7 Å². The Balaban J connectivity index is 1.10. The predicted octanol–water partition coefficient (Wildman–Crippen LogP) is 5.18. The molecule has 37 heavy (non-hydrogen) atoms. The summed E-state index contributed by atoms with van der Waals surface area (Å²) >= 11 is 0. The van der Waals surface area contributed by atoms with Crippen LogP contribution in [0.5, 0.6) is 17.2 Å². The molecule has 3 aromatic heterocycles. The smallest absolute Gasteiger partial charge is 0.158 e. The van der Waals surface area contributed by atoms with Crippen molar-refractivity contribution < 1.29 is 9.47 Å². The van der Waals surface area contributed by atoms with Crippen molar-refractivity contribution in [2.75, 3.05) is 5.32 Å². The average molecular weight is 494 g/mol. The van der Waals surface area contributed by atoms with Crippen molar-refractivity contribution in [1.29, 1.82) is 0 Å². The monoisotopic (exact) mass is 493 g/mol. The fourth-order valence-corrected chi connectivity index (χ4v) is 5.47. The molecule has 1 unspecified atom stereocenters. The van der Waals surface area contributed by atoms with Crippen molar-refractivity contribution in [2.45, 2.75) is 50.8 Å². The molecule has 3 atom stereocenters. The highest BCUT2D eigenvalue weighted by Crippen LogP contribution is 2.33. The summed E-state index contributed by atoms with van der Waals surface area (Å²) in [4.78, 5) is 13.2. The second-order valence-corrected chi connectivity index (χ2v) is 9.88. The van der Waals surface area contributed by atoms with Crippen LogP contribution in [0, 0.1) is 6.92 Å². The maximum atomic E-state index is 6.41. The van der Waals surface area contributed by atoms with Crippen molar-refractivity contribution in [2.24, 2.45) is 0 Å². The van der Waals surface area contributed by atoms with E-state index in [-0.39, 0.29) is 6.10 Å². The molecule has 5 aromatic rings. The van der Waals surface area contributed by atoms with Crippen LogP contribution in [0.4, 0.5) is 11.5 Å². The minimum atomic E-state index is 0.248. The van der Waals surface area contributed by atoms with Crippen molar-refractivity contribution in [1.82, 2.24) is 29.9 Å². The third-order valence-corrected chi connectivity index (χ3v) is 7.26. The maximum absolute atomic E-state index is 6.41. The molecule has 186 valence electrons. The molecule has 2 aliphatic heterocycles. The van der Waals surface area contributed by atoms with Crippen molar-refractivity contribution in [3.05, 3.63) is 72.9 Å². The summed E-state index contributed by atoms with van der Waals surface area (Å²) in [6.45, 7) is 2.02.